The molecule has 0 amide bonds. The number of rotatable bonds is 1. The highest BCUT2D eigenvalue weighted by molar-refractivity contribution is 6.33. The monoisotopic (exact) mass is 269 g/mol. The van der Waals surface area contributed by atoms with Gasteiger partial charge in [0.25, 0.3) is 0 Å². The second kappa shape index (κ2) is 4.60. The fourth-order valence-electron chi connectivity index (χ4n) is 2.46. The minimum absolute atomic E-state index is 0.150. The third-order valence-electron chi connectivity index (χ3n) is 3.27. The zero-order valence-corrected chi connectivity index (χ0v) is 11.2. The van der Waals surface area contributed by atoms with E-state index in [2.05, 4.69) is 4.85 Å². The van der Waals surface area contributed by atoms with Crippen LogP contribution in [0, 0.1) is 6.57 Å². The maximum atomic E-state index is 7.22. The lowest BCUT2D eigenvalue weighted by Crippen LogP contribution is -2.05. The lowest BCUT2D eigenvalue weighted by molar-refractivity contribution is 0.255. The topological polar surface area (TPSA) is 13.6 Å². The molecule has 2 nitrogen and oxygen atoms in total. The van der Waals surface area contributed by atoms with Gasteiger partial charge in [0.05, 0.1) is 6.57 Å². The zero-order chi connectivity index (χ0) is 13.4. The number of hydrogen-bond acceptors (Lipinski definition) is 1. The van der Waals surface area contributed by atoms with Crippen molar-refractivity contribution in [2.75, 3.05) is 0 Å². The molecule has 1 heterocycles. The van der Waals surface area contributed by atoms with E-state index in [1.54, 1.807) is 0 Å². The van der Waals surface area contributed by atoms with Crippen LogP contribution in [0.3, 0.4) is 0 Å². The summed E-state index contributed by atoms with van der Waals surface area (Å²) in [6, 6.07) is 11.4. The minimum atomic E-state index is 0.150. The molecule has 0 spiro atoms. The summed E-state index contributed by atoms with van der Waals surface area (Å²) < 4.78 is 5.89. The molecule has 0 saturated carbocycles. The van der Waals surface area contributed by atoms with Crippen molar-refractivity contribution in [2.24, 2.45) is 0 Å². The Morgan fingerprint density at radius 1 is 1.26 bits per heavy atom. The van der Waals surface area contributed by atoms with Crippen molar-refractivity contribution in [3.8, 4) is 16.9 Å². The molecule has 1 unspecified atom stereocenters. The van der Waals surface area contributed by atoms with Gasteiger partial charge in [0.2, 0.25) is 0 Å². The molecule has 0 aliphatic carbocycles. The lowest BCUT2D eigenvalue weighted by Gasteiger charge is -2.11. The molecular weight excluding hydrogens is 258 g/mol. The van der Waals surface area contributed by atoms with Crippen molar-refractivity contribution in [3.63, 3.8) is 0 Å². The van der Waals surface area contributed by atoms with Crippen molar-refractivity contribution in [3.05, 3.63) is 58.4 Å². The molecule has 3 heteroatoms. The largest absolute Gasteiger partial charge is 0.490 e. The summed E-state index contributed by atoms with van der Waals surface area (Å²) in [5, 5.41) is 0.676. The van der Waals surface area contributed by atoms with E-state index in [1.165, 1.54) is 0 Å². The Hall–Kier alpha value is -1.98. The van der Waals surface area contributed by atoms with E-state index in [0.717, 1.165) is 28.9 Å². The molecule has 2 aromatic rings. The van der Waals surface area contributed by atoms with E-state index in [-0.39, 0.29) is 6.10 Å². The van der Waals surface area contributed by atoms with Crippen LogP contribution in [-0.4, -0.2) is 6.10 Å². The molecule has 19 heavy (non-hydrogen) atoms. The van der Waals surface area contributed by atoms with Crippen LogP contribution in [0.25, 0.3) is 16.0 Å². The van der Waals surface area contributed by atoms with E-state index in [9.17, 15) is 0 Å². The molecule has 0 saturated heterocycles. The normalized spacial score (nSPS) is 16.6. The number of halogens is 1. The minimum Gasteiger partial charge on any atom is -0.490 e. The van der Waals surface area contributed by atoms with E-state index in [0.29, 0.717) is 10.7 Å². The van der Waals surface area contributed by atoms with Crippen molar-refractivity contribution in [1.29, 1.82) is 0 Å². The van der Waals surface area contributed by atoms with Gasteiger partial charge in [-0.05, 0) is 30.7 Å². The first-order chi connectivity index (χ1) is 9.19. The van der Waals surface area contributed by atoms with Gasteiger partial charge in [0.15, 0.2) is 5.69 Å². The van der Waals surface area contributed by atoms with E-state index < -0.39 is 0 Å². The van der Waals surface area contributed by atoms with Gasteiger partial charge in [0.1, 0.15) is 11.9 Å². The summed E-state index contributed by atoms with van der Waals surface area (Å²) in [7, 11) is 0. The first kappa shape index (κ1) is 12.1. The predicted octanol–water partition coefficient (Wildman–Crippen LogP) is 4.88. The molecule has 0 fully saturated rings. The standard InChI is InChI=1S/C16H12ClNO/c1-10-7-11-8-12(18-2)9-14(16(11)19-10)13-5-3-4-6-15(13)17/h3-6,8-10H,7H2,1H3. The Bertz CT molecular complexity index is 688. The van der Waals surface area contributed by atoms with Crippen LogP contribution in [-0.2, 0) is 6.42 Å². The molecule has 94 valence electrons. The molecule has 3 rings (SSSR count). The summed E-state index contributed by atoms with van der Waals surface area (Å²) in [4.78, 5) is 3.54. The fraction of sp³-hybridized carbons (Fsp3) is 0.188. The molecule has 1 aliphatic heterocycles. The lowest BCUT2D eigenvalue weighted by atomic mass is 9.99. The summed E-state index contributed by atoms with van der Waals surface area (Å²) in [6.45, 7) is 9.26. The van der Waals surface area contributed by atoms with Crippen molar-refractivity contribution in [2.45, 2.75) is 19.4 Å². The first-order valence-electron chi connectivity index (χ1n) is 6.15. The van der Waals surface area contributed by atoms with Crippen LogP contribution in [0.2, 0.25) is 5.02 Å². The predicted molar refractivity (Wildman–Crippen MR) is 76.9 cm³/mol. The van der Waals surface area contributed by atoms with Crippen molar-refractivity contribution < 1.29 is 4.74 Å². The SMILES string of the molecule is [C-]#[N+]c1cc2c(c(-c3ccccc3Cl)c1)OC(C)C2. The number of ether oxygens (including phenoxy) is 1. The van der Waals surface area contributed by atoms with Gasteiger partial charge in [-0.25, -0.2) is 4.85 Å². The highest BCUT2D eigenvalue weighted by Crippen LogP contribution is 2.43. The van der Waals surface area contributed by atoms with E-state index in [1.807, 2.05) is 43.3 Å². The molecular formula is C16H12ClNO. The Kier molecular flexibility index (Phi) is 2.93. The van der Waals surface area contributed by atoms with Gasteiger partial charge < -0.3 is 4.74 Å². The average molecular weight is 270 g/mol. The Morgan fingerprint density at radius 3 is 2.79 bits per heavy atom. The molecule has 0 N–H and O–H groups in total. The van der Waals surface area contributed by atoms with E-state index in [4.69, 9.17) is 22.9 Å². The molecule has 2 aromatic carbocycles. The molecule has 1 atom stereocenters. The molecule has 1 aliphatic rings. The Labute approximate surface area is 117 Å². The van der Waals surface area contributed by atoms with Crippen molar-refractivity contribution in [1.82, 2.24) is 0 Å². The molecule has 0 aromatic heterocycles. The van der Waals surface area contributed by atoms with Crippen LogP contribution in [0.5, 0.6) is 5.75 Å². The quantitative estimate of drug-likeness (QED) is 0.673. The average Bonchev–Trinajstić information content (AvgIpc) is 2.78. The first-order valence-corrected chi connectivity index (χ1v) is 6.53. The zero-order valence-electron chi connectivity index (χ0n) is 10.5. The smallest absolute Gasteiger partial charge is 0.188 e. The Balaban J connectivity index is 2.25. The maximum absolute atomic E-state index is 7.22. The van der Waals surface area contributed by atoms with Gasteiger partial charge in [0, 0.05) is 22.6 Å². The van der Waals surface area contributed by atoms with Crippen LogP contribution in [0.15, 0.2) is 36.4 Å². The van der Waals surface area contributed by atoms with Gasteiger partial charge in [-0.3, -0.25) is 0 Å². The number of nitrogens with zero attached hydrogens (tertiary/aromatic N) is 1. The van der Waals surface area contributed by atoms with Crippen molar-refractivity contribution >= 4 is 17.3 Å². The summed E-state index contributed by atoms with van der Waals surface area (Å²) in [5.74, 6) is 0.869. The van der Waals surface area contributed by atoms with Gasteiger partial charge in [-0.2, -0.15) is 0 Å². The number of benzene rings is 2. The van der Waals surface area contributed by atoms with Crippen LogP contribution in [0.4, 0.5) is 5.69 Å². The third kappa shape index (κ3) is 2.07. The number of hydrogen-bond donors (Lipinski definition) is 0. The summed E-state index contributed by atoms with van der Waals surface area (Å²) in [5.41, 5.74) is 3.56. The second-order valence-electron chi connectivity index (χ2n) is 4.71. The Morgan fingerprint density at radius 2 is 2.05 bits per heavy atom. The molecule has 0 bridgehead atoms. The van der Waals surface area contributed by atoms with Gasteiger partial charge in [-0.1, -0.05) is 29.8 Å². The maximum Gasteiger partial charge on any atom is 0.188 e. The summed E-state index contributed by atoms with van der Waals surface area (Å²) >= 11 is 6.26. The molecule has 0 radical (unpaired) electrons. The third-order valence-corrected chi connectivity index (χ3v) is 3.60. The van der Waals surface area contributed by atoms with Crippen LogP contribution in [0.1, 0.15) is 12.5 Å². The van der Waals surface area contributed by atoms with Crippen LogP contribution >= 0.6 is 11.6 Å². The van der Waals surface area contributed by atoms with E-state index >= 15 is 0 Å². The summed E-state index contributed by atoms with van der Waals surface area (Å²) in [6.07, 6.45) is 0.994. The highest BCUT2D eigenvalue weighted by atomic mass is 35.5. The number of fused-ring (bicyclic) bond motifs is 1. The van der Waals surface area contributed by atoms with Gasteiger partial charge in [-0.15, -0.1) is 0 Å². The highest BCUT2D eigenvalue weighted by Gasteiger charge is 2.24. The second-order valence-corrected chi connectivity index (χ2v) is 5.11. The fourth-order valence-corrected chi connectivity index (χ4v) is 2.70. The van der Waals surface area contributed by atoms with Crippen LogP contribution < -0.4 is 4.74 Å². The van der Waals surface area contributed by atoms with Gasteiger partial charge >= 0.3 is 0 Å².